The third-order valence-corrected chi connectivity index (χ3v) is 5.42. The van der Waals surface area contributed by atoms with Crippen LogP contribution in [0.5, 0.6) is 0 Å². The maximum absolute atomic E-state index is 12.6. The van der Waals surface area contributed by atoms with E-state index in [0.29, 0.717) is 19.6 Å². The molecule has 2 amide bonds. The summed E-state index contributed by atoms with van der Waals surface area (Å²) in [5, 5.41) is 2.99. The van der Waals surface area contributed by atoms with Gasteiger partial charge < -0.3 is 20.4 Å². The van der Waals surface area contributed by atoms with Crippen molar-refractivity contribution in [1.82, 2.24) is 14.3 Å². The maximum atomic E-state index is 12.6. The maximum Gasteiger partial charge on any atom is 0.321 e. The van der Waals surface area contributed by atoms with Gasteiger partial charge in [0.25, 0.3) is 0 Å². The van der Waals surface area contributed by atoms with Crippen molar-refractivity contribution >= 4 is 17.4 Å². The van der Waals surface area contributed by atoms with E-state index in [1.807, 2.05) is 39.9 Å². The highest BCUT2D eigenvalue weighted by atomic mass is 16.2. The topological polar surface area (TPSA) is 75.7 Å². The molecule has 0 unspecified atom stereocenters. The van der Waals surface area contributed by atoms with Crippen molar-refractivity contribution in [2.24, 2.45) is 5.73 Å². The number of hydrogen-bond acceptors (Lipinski definition) is 3. The lowest BCUT2D eigenvalue weighted by Crippen LogP contribution is -2.49. The van der Waals surface area contributed by atoms with Crippen molar-refractivity contribution in [2.75, 3.05) is 25.0 Å². The van der Waals surface area contributed by atoms with Gasteiger partial charge in [-0.1, -0.05) is 30.3 Å². The van der Waals surface area contributed by atoms with Crippen molar-refractivity contribution in [1.29, 1.82) is 0 Å². The zero-order valence-corrected chi connectivity index (χ0v) is 14.6. The fraction of sp³-hybridized carbons (Fsp3) is 0.300. The van der Waals surface area contributed by atoms with Crippen LogP contribution in [0.25, 0.3) is 5.65 Å². The molecule has 0 aliphatic carbocycles. The van der Waals surface area contributed by atoms with Gasteiger partial charge in [-0.05, 0) is 30.5 Å². The Labute approximate surface area is 152 Å². The smallest absolute Gasteiger partial charge is 0.321 e. The molecule has 1 aliphatic rings. The molecule has 134 valence electrons. The van der Waals surface area contributed by atoms with Crippen LogP contribution < -0.4 is 11.1 Å². The molecule has 0 atom stereocenters. The van der Waals surface area contributed by atoms with Crippen LogP contribution in [0.15, 0.2) is 61.1 Å². The molecule has 1 aliphatic heterocycles. The Morgan fingerprint density at radius 3 is 2.65 bits per heavy atom. The summed E-state index contributed by atoms with van der Waals surface area (Å²) in [6.45, 7) is 2.00. The van der Waals surface area contributed by atoms with Crippen molar-refractivity contribution in [2.45, 2.75) is 18.3 Å². The second-order valence-electron chi connectivity index (χ2n) is 6.88. The first-order valence-electron chi connectivity index (χ1n) is 8.94. The highest BCUT2D eigenvalue weighted by Crippen LogP contribution is 2.34. The molecule has 3 N–H and O–H groups in total. The molecule has 1 fully saturated rings. The van der Waals surface area contributed by atoms with Crippen molar-refractivity contribution in [3.63, 3.8) is 0 Å². The van der Waals surface area contributed by atoms with Gasteiger partial charge in [0.2, 0.25) is 0 Å². The summed E-state index contributed by atoms with van der Waals surface area (Å²) in [7, 11) is 0. The fourth-order valence-electron chi connectivity index (χ4n) is 3.74. The monoisotopic (exact) mass is 349 g/mol. The summed E-state index contributed by atoms with van der Waals surface area (Å²) in [5.74, 6) is 0. The average molecular weight is 349 g/mol. The molecule has 4 rings (SSSR count). The second kappa shape index (κ2) is 6.80. The van der Waals surface area contributed by atoms with E-state index in [-0.39, 0.29) is 11.4 Å². The molecule has 6 heteroatoms. The van der Waals surface area contributed by atoms with E-state index >= 15 is 0 Å². The first-order chi connectivity index (χ1) is 12.7. The molecule has 0 saturated carbocycles. The van der Waals surface area contributed by atoms with Gasteiger partial charge in [-0.25, -0.2) is 9.78 Å². The molecule has 3 heterocycles. The minimum Gasteiger partial charge on any atom is -0.330 e. The number of pyridine rings is 1. The molecule has 3 aromatic rings. The van der Waals surface area contributed by atoms with E-state index in [2.05, 4.69) is 34.6 Å². The normalized spacial score (nSPS) is 16.6. The predicted octanol–water partition coefficient (Wildman–Crippen LogP) is 2.86. The summed E-state index contributed by atoms with van der Waals surface area (Å²) in [6.07, 6.45) is 7.23. The number of imidazole rings is 1. The molecule has 0 spiro atoms. The van der Waals surface area contributed by atoms with Gasteiger partial charge in [0, 0.05) is 43.6 Å². The van der Waals surface area contributed by atoms with Crippen LogP contribution in [0.3, 0.4) is 0 Å². The van der Waals surface area contributed by atoms with Gasteiger partial charge in [-0.15, -0.1) is 0 Å². The van der Waals surface area contributed by atoms with Crippen molar-refractivity contribution < 1.29 is 4.79 Å². The summed E-state index contributed by atoms with van der Waals surface area (Å²) >= 11 is 0. The third kappa shape index (κ3) is 3.04. The van der Waals surface area contributed by atoms with Gasteiger partial charge in [-0.2, -0.15) is 0 Å². The minimum absolute atomic E-state index is 0.0340. The Morgan fingerprint density at radius 2 is 1.92 bits per heavy atom. The Kier molecular flexibility index (Phi) is 4.34. The number of carbonyl (C=O) groups is 1. The number of nitrogens with two attached hydrogens (primary N) is 1. The summed E-state index contributed by atoms with van der Waals surface area (Å²) in [4.78, 5) is 18.7. The van der Waals surface area contributed by atoms with E-state index in [9.17, 15) is 4.79 Å². The number of nitrogens with one attached hydrogen (secondary N) is 1. The lowest BCUT2D eigenvalue weighted by Gasteiger charge is -2.41. The minimum atomic E-state index is -0.0665. The lowest BCUT2D eigenvalue weighted by atomic mass is 9.73. The number of carbonyl (C=O) groups excluding carboxylic acids is 1. The SMILES string of the molecule is NCC1(c2ccccc2)CCN(C(=O)Nc2ccc3nccn3c2)CC1. The predicted molar refractivity (Wildman–Crippen MR) is 102 cm³/mol. The van der Waals surface area contributed by atoms with Gasteiger partial charge in [0.1, 0.15) is 5.65 Å². The standard InChI is InChI=1S/C20H23N5O/c21-15-20(16-4-2-1-3-5-16)8-11-24(12-9-20)19(26)23-17-6-7-18-22-10-13-25(18)14-17/h1-7,10,13-14H,8-9,11-12,15,21H2,(H,23,26). The van der Waals surface area contributed by atoms with Crippen LogP contribution in [-0.2, 0) is 5.41 Å². The number of hydrogen-bond donors (Lipinski definition) is 2. The number of benzene rings is 1. The number of likely N-dealkylation sites (tertiary alicyclic amines) is 1. The third-order valence-electron chi connectivity index (χ3n) is 5.42. The Hall–Kier alpha value is -2.86. The fourth-order valence-corrected chi connectivity index (χ4v) is 3.74. The zero-order valence-electron chi connectivity index (χ0n) is 14.6. The Morgan fingerprint density at radius 1 is 1.15 bits per heavy atom. The van der Waals surface area contributed by atoms with Gasteiger partial charge in [-0.3, -0.25) is 0 Å². The highest BCUT2D eigenvalue weighted by Gasteiger charge is 2.36. The number of fused-ring (bicyclic) bond motifs is 1. The van der Waals surface area contributed by atoms with Crippen LogP contribution in [-0.4, -0.2) is 39.9 Å². The average Bonchev–Trinajstić information content (AvgIpc) is 3.16. The molecule has 26 heavy (non-hydrogen) atoms. The number of piperidine rings is 1. The number of urea groups is 1. The first-order valence-corrected chi connectivity index (χ1v) is 8.94. The first kappa shape index (κ1) is 16.6. The number of aromatic nitrogens is 2. The van der Waals surface area contributed by atoms with E-state index in [0.717, 1.165) is 24.2 Å². The molecule has 1 aromatic carbocycles. The number of rotatable bonds is 3. The van der Waals surface area contributed by atoms with Crippen LogP contribution in [0, 0.1) is 0 Å². The Balaban J connectivity index is 1.43. The van der Waals surface area contributed by atoms with E-state index < -0.39 is 0 Å². The summed E-state index contributed by atoms with van der Waals surface area (Å²) in [6, 6.07) is 14.1. The quantitative estimate of drug-likeness (QED) is 0.763. The molecular formula is C20H23N5O. The summed E-state index contributed by atoms with van der Waals surface area (Å²) < 4.78 is 1.89. The molecular weight excluding hydrogens is 326 g/mol. The summed E-state index contributed by atoms with van der Waals surface area (Å²) in [5.41, 5.74) is 8.99. The van der Waals surface area contributed by atoms with Gasteiger partial charge in [0.15, 0.2) is 0 Å². The van der Waals surface area contributed by atoms with Gasteiger partial charge >= 0.3 is 6.03 Å². The van der Waals surface area contributed by atoms with Crippen molar-refractivity contribution in [3.8, 4) is 0 Å². The highest BCUT2D eigenvalue weighted by molar-refractivity contribution is 5.89. The van der Waals surface area contributed by atoms with Crippen LogP contribution in [0.1, 0.15) is 18.4 Å². The number of amides is 2. The van der Waals surface area contributed by atoms with Gasteiger partial charge in [0.05, 0.1) is 5.69 Å². The largest absolute Gasteiger partial charge is 0.330 e. The van der Waals surface area contributed by atoms with E-state index in [1.165, 1.54) is 5.56 Å². The molecule has 2 aromatic heterocycles. The Bertz CT molecular complexity index is 897. The lowest BCUT2D eigenvalue weighted by molar-refractivity contribution is 0.170. The molecule has 0 bridgehead atoms. The van der Waals surface area contributed by atoms with E-state index in [1.54, 1.807) is 6.20 Å². The van der Waals surface area contributed by atoms with E-state index in [4.69, 9.17) is 5.73 Å². The molecule has 1 saturated heterocycles. The van der Waals surface area contributed by atoms with Crippen LogP contribution in [0.2, 0.25) is 0 Å². The van der Waals surface area contributed by atoms with Crippen LogP contribution >= 0.6 is 0 Å². The molecule has 0 radical (unpaired) electrons. The zero-order chi connectivity index (χ0) is 18.0. The van der Waals surface area contributed by atoms with Crippen LogP contribution in [0.4, 0.5) is 10.5 Å². The van der Waals surface area contributed by atoms with Crippen molar-refractivity contribution in [3.05, 3.63) is 66.6 Å². The second-order valence-corrected chi connectivity index (χ2v) is 6.88. The molecule has 6 nitrogen and oxygen atoms in total. The number of nitrogens with zero attached hydrogens (tertiary/aromatic N) is 3. The number of anilines is 1.